The highest BCUT2D eigenvalue weighted by Crippen LogP contribution is 2.23. The van der Waals surface area contributed by atoms with Gasteiger partial charge in [-0.3, -0.25) is 9.59 Å². The van der Waals surface area contributed by atoms with E-state index in [1.165, 1.54) is 11.8 Å². The van der Waals surface area contributed by atoms with Gasteiger partial charge in [-0.25, -0.2) is 0 Å². The number of thioether (sulfide) groups is 1. The first-order valence-corrected chi connectivity index (χ1v) is 9.46. The second-order valence-electron chi connectivity index (χ2n) is 5.42. The largest absolute Gasteiger partial charge is 0.326 e. The molecule has 0 bridgehead atoms. The van der Waals surface area contributed by atoms with Crippen LogP contribution in [0, 0.1) is 0 Å². The van der Waals surface area contributed by atoms with Crippen molar-refractivity contribution < 1.29 is 9.59 Å². The van der Waals surface area contributed by atoms with E-state index in [1.54, 1.807) is 18.3 Å². The van der Waals surface area contributed by atoms with Crippen molar-refractivity contribution in [3.63, 3.8) is 0 Å². The normalized spacial score (nSPS) is 18.3. The van der Waals surface area contributed by atoms with E-state index in [4.69, 9.17) is 0 Å². The standard InChI is InChI=1S/C18H15BrN4O2S/c19-13-6-4-5-12(9-13)11-20-23-18-22-17(25)15(26-18)10-16(24)21-14-7-2-1-3-8-14/h1-9,11,15H,10H2,(H,21,24)(H,22,23,25)/b20-11+. The molecule has 0 aliphatic carbocycles. The van der Waals surface area contributed by atoms with Crippen molar-refractivity contribution in [2.24, 2.45) is 10.2 Å². The van der Waals surface area contributed by atoms with Gasteiger partial charge >= 0.3 is 0 Å². The Balaban J connectivity index is 1.55. The van der Waals surface area contributed by atoms with Crippen LogP contribution in [0.2, 0.25) is 0 Å². The maximum atomic E-state index is 12.1. The molecule has 26 heavy (non-hydrogen) atoms. The molecule has 132 valence electrons. The Hall–Kier alpha value is -2.45. The van der Waals surface area contributed by atoms with Gasteiger partial charge in [0, 0.05) is 16.6 Å². The summed E-state index contributed by atoms with van der Waals surface area (Å²) in [6, 6.07) is 16.7. The Labute approximate surface area is 163 Å². The fraction of sp³-hybridized carbons (Fsp3) is 0.111. The predicted octanol–water partition coefficient (Wildman–Crippen LogP) is 3.40. The van der Waals surface area contributed by atoms with Gasteiger partial charge in [0.1, 0.15) is 5.25 Å². The van der Waals surface area contributed by atoms with E-state index in [-0.39, 0.29) is 18.2 Å². The molecule has 1 aliphatic rings. The SMILES string of the molecule is O=C(CC1S/C(=N/N=C/c2cccc(Br)c2)NC1=O)Nc1ccccc1. The average Bonchev–Trinajstić information content (AvgIpc) is 2.95. The van der Waals surface area contributed by atoms with Crippen LogP contribution in [0.4, 0.5) is 5.69 Å². The van der Waals surface area contributed by atoms with E-state index < -0.39 is 5.25 Å². The van der Waals surface area contributed by atoms with Gasteiger partial charge < -0.3 is 10.6 Å². The van der Waals surface area contributed by atoms with E-state index in [1.807, 2.05) is 42.5 Å². The van der Waals surface area contributed by atoms with Crippen LogP contribution in [-0.4, -0.2) is 28.4 Å². The third-order valence-corrected chi connectivity index (χ3v) is 4.97. The van der Waals surface area contributed by atoms with Gasteiger partial charge in [-0.2, -0.15) is 5.10 Å². The molecule has 2 N–H and O–H groups in total. The number of hydrogen-bond donors (Lipinski definition) is 2. The quantitative estimate of drug-likeness (QED) is 0.563. The zero-order valence-corrected chi connectivity index (χ0v) is 16.0. The Bertz CT molecular complexity index is 871. The number of carbonyl (C=O) groups excluding carboxylic acids is 2. The van der Waals surface area contributed by atoms with Crippen molar-refractivity contribution in [3.05, 3.63) is 64.6 Å². The molecule has 0 saturated carbocycles. The number of para-hydroxylation sites is 1. The second-order valence-corrected chi connectivity index (χ2v) is 7.53. The molecule has 2 aromatic carbocycles. The summed E-state index contributed by atoms with van der Waals surface area (Å²) in [7, 11) is 0. The third-order valence-electron chi connectivity index (χ3n) is 3.41. The summed E-state index contributed by atoms with van der Waals surface area (Å²) in [5.74, 6) is -0.461. The number of benzene rings is 2. The molecule has 2 amide bonds. The average molecular weight is 431 g/mol. The first kappa shape index (κ1) is 18.3. The summed E-state index contributed by atoms with van der Waals surface area (Å²) in [6.07, 6.45) is 1.67. The van der Waals surface area contributed by atoms with Gasteiger partial charge in [-0.05, 0) is 29.8 Å². The highest BCUT2D eigenvalue weighted by atomic mass is 79.9. The summed E-state index contributed by atoms with van der Waals surface area (Å²) >= 11 is 4.59. The zero-order valence-electron chi connectivity index (χ0n) is 13.6. The molecule has 2 aromatic rings. The Morgan fingerprint density at radius 2 is 2.04 bits per heavy atom. The van der Waals surface area contributed by atoms with Crippen molar-refractivity contribution >= 4 is 56.6 Å². The van der Waals surface area contributed by atoms with Crippen molar-refractivity contribution in [3.8, 4) is 0 Å². The number of amidine groups is 1. The van der Waals surface area contributed by atoms with E-state index >= 15 is 0 Å². The van der Waals surface area contributed by atoms with Crippen molar-refractivity contribution in [1.29, 1.82) is 0 Å². The highest BCUT2D eigenvalue weighted by Gasteiger charge is 2.32. The molecule has 0 radical (unpaired) electrons. The lowest BCUT2D eigenvalue weighted by molar-refractivity contribution is -0.122. The van der Waals surface area contributed by atoms with Gasteiger partial charge in [0.15, 0.2) is 5.17 Å². The van der Waals surface area contributed by atoms with Crippen LogP contribution in [0.15, 0.2) is 69.3 Å². The number of hydrogen-bond acceptors (Lipinski definition) is 5. The summed E-state index contributed by atoms with van der Waals surface area (Å²) in [6.45, 7) is 0. The number of nitrogens with zero attached hydrogens (tertiary/aromatic N) is 2. The molecular weight excluding hydrogens is 416 g/mol. The molecule has 1 saturated heterocycles. The van der Waals surface area contributed by atoms with Gasteiger partial charge in [0.2, 0.25) is 11.8 Å². The summed E-state index contributed by atoms with van der Waals surface area (Å²) < 4.78 is 0.946. The molecule has 1 unspecified atom stereocenters. The number of carbonyl (C=O) groups is 2. The molecule has 6 nitrogen and oxygen atoms in total. The van der Waals surface area contributed by atoms with Crippen molar-refractivity contribution in [2.45, 2.75) is 11.7 Å². The van der Waals surface area contributed by atoms with E-state index in [0.29, 0.717) is 10.9 Å². The smallest absolute Gasteiger partial charge is 0.240 e. The molecule has 0 spiro atoms. The van der Waals surface area contributed by atoms with Gasteiger partial charge in [0.05, 0.1) is 6.21 Å². The number of halogens is 1. The molecule has 1 fully saturated rings. The second kappa shape index (κ2) is 8.77. The lowest BCUT2D eigenvalue weighted by Gasteiger charge is -2.06. The van der Waals surface area contributed by atoms with Crippen molar-refractivity contribution in [1.82, 2.24) is 5.32 Å². The summed E-state index contributed by atoms with van der Waals surface area (Å²) in [5.41, 5.74) is 1.59. The van der Waals surface area contributed by atoms with Crippen molar-refractivity contribution in [2.75, 3.05) is 5.32 Å². The van der Waals surface area contributed by atoms with Gasteiger partial charge in [-0.1, -0.05) is 58.0 Å². The van der Waals surface area contributed by atoms with E-state index in [2.05, 4.69) is 36.8 Å². The predicted molar refractivity (Wildman–Crippen MR) is 108 cm³/mol. The third kappa shape index (κ3) is 5.27. The Morgan fingerprint density at radius 1 is 1.23 bits per heavy atom. The molecule has 1 atom stereocenters. The van der Waals surface area contributed by atoms with E-state index in [9.17, 15) is 9.59 Å². The minimum atomic E-state index is -0.515. The monoisotopic (exact) mass is 430 g/mol. The van der Waals surface area contributed by atoms with Crippen LogP contribution in [0.3, 0.4) is 0 Å². The fourth-order valence-electron chi connectivity index (χ4n) is 2.22. The molecule has 3 rings (SSSR count). The molecule has 8 heteroatoms. The fourth-order valence-corrected chi connectivity index (χ4v) is 3.56. The van der Waals surface area contributed by atoms with Crippen LogP contribution in [0.1, 0.15) is 12.0 Å². The molecule has 0 aromatic heterocycles. The highest BCUT2D eigenvalue weighted by molar-refractivity contribution is 9.10. The Morgan fingerprint density at radius 3 is 2.81 bits per heavy atom. The van der Waals surface area contributed by atoms with Crippen LogP contribution in [-0.2, 0) is 9.59 Å². The number of amides is 2. The van der Waals surface area contributed by atoms with Crippen LogP contribution >= 0.6 is 27.7 Å². The number of rotatable bonds is 5. The molecule has 1 aliphatic heterocycles. The number of anilines is 1. The molecule has 1 heterocycles. The topological polar surface area (TPSA) is 82.9 Å². The summed E-state index contributed by atoms with van der Waals surface area (Å²) in [4.78, 5) is 24.1. The minimum Gasteiger partial charge on any atom is -0.326 e. The number of nitrogens with one attached hydrogen (secondary N) is 2. The van der Waals surface area contributed by atoms with Crippen LogP contribution < -0.4 is 10.6 Å². The lowest BCUT2D eigenvalue weighted by Crippen LogP contribution is -2.28. The van der Waals surface area contributed by atoms with Crippen LogP contribution in [0.5, 0.6) is 0 Å². The lowest BCUT2D eigenvalue weighted by atomic mass is 10.2. The maximum Gasteiger partial charge on any atom is 0.240 e. The minimum absolute atomic E-state index is 0.0692. The maximum absolute atomic E-state index is 12.1. The van der Waals surface area contributed by atoms with Gasteiger partial charge in [0.25, 0.3) is 0 Å². The Kier molecular flexibility index (Phi) is 6.19. The zero-order chi connectivity index (χ0) is 18.4. The summed E-state index contributed by atoms with van der Waals surface area (Å²) in [5, 5.41) is 13.3. The van der Waals surface area contributed by atoms with Gasteiger partial charge in [-0.15, -0.1) is 5.10 Å². The first-order chi connectivity index (χ1) is 12.6. The molecular formula is C18H15BrN4O2S. The van der Waals surface area contributed by atoms with E-state index in [0.717, 1.165) is 10.0 Å². The van der Waals surface area contributed by atoms with Crippen LogP contribution in [0.25, 0.3) is 0 Å². The first-order valence-electron chi connectivity index (χ1n) is 7.79.